The van der Waals surface area contributed by atoms with Crippen molar-refractivity contribution in [1.29, 1.82) is 0 Å². The molecular formula is C13H20O2. The predicted molar refractivity (Wildman–Crippen MR) is 59.6 cm³/mol. The monoisotopic (exact) mass is 208 g/mol. The molecule has 0 aliphatic heterocycles. The van der Waals surface area contributed by atoms with E-state index in [9.17, 15) is 9.90 Å². The summed E-state index contributed by atoms with van der Waals surface area (Å²) in [7, 11) is 0. The molecule has 0 saturated heterocycles. The van der Waals surface area contributed by atoms with E-state index in [1.54, 1.807) is 0 Å². The highest BCUT2D eigenvalue weighted by molar-refractivity contribution is 5.92. The number of hydrogen-bond donors (Lipinski definition) is 1. The summed E-state index contributed by atoms with van der Waals surface area (Å²) >= 11 is 0. The Balaban J connectivity index is 1.92. The van der Waals surface area contributed by atoms with Crippen LogP contribution in [0.1, 0.15) is 51.4 Å². The number of allylic oxidation sites excluding steroid dienone is 2. The summed E-state index contributed by atoms with van der Waals surface area (Å²) in [6.45, 7) is 0. The van der Waals surface area contributed by atoms with Crippen LogP contribution in [0.4, 0.5) is 0 Å². The van der Waals surface area contributed by atoms with E-state index in [1.807, 2.05) is 0 Å². The van der Waals surface area contributed by atoms with Gasteiger partial charge in [0.2, 0.25) is 0 Å². The van der Waals surface area contributed by atoms with E-state index in [2.05, 4.69) is 0 Å². The minimum Gasteiger partial charge on any atom is -0.512 e. The van der Waals surface area contributed by atoms with Gasteiger partial charge in [0.05, 0.1) is 5.76 Å². The fraction of sp³-hybridized carbons (Fsp3) is 0.769. The van der Waals surface area contributed by atoms with Crippen LogP contribution in [0.25, 0.3) is 0 Å². The second kappa shape index (κ2) is 4.82. The fourth-order valence-electron chi connectivity index (χ4n) is 2.81. The summed E-state index contributed by atoms with van der Waals surface area (Å²) in [5.74, 6) is 0.991. The first kappa shape index (κ1) is 10.7. The minimum atomic E-state index is 0.164. The Morgan fingerprint density at radius 1 is 0.933 bits per heavy atom. The number of carbonyl (C=O) groups is 1. The highest BCUT2D eigenvalue weighted by Gasteiger charge is 2.24. The van der Waals surface area contributed by atoms with Crippen molar-refractivity contribution in [3.63, 3.8) is 0 Å². The van der Waals surface area contributed by atoms with Gasteiger partial charge in [0.25, 0.3) is 0 Å². The molecule has 2 aliphatic carbocycles. The Bertz CT molecular complexity index is 256. The van der Waals surface area contributed by atoms with Gasteiger partial charge in [0.1, 0.15) is 0 Å². The number of carbonyl (C=O) groups excluding carboxylic acids is 1. The van der Waals surface area contributed by atoms with Gasteiger partial charge in [-0.1, -0.05) is 25.7 Å². The summed E-state index contributed by atoms with van der Waals surface area (Å²) in [6.07, 6.45) is 10.4. The fourth-order valence-corrected chi connectivity index (χ4v) is 2.81. The number of rotatable bonds is 3. The van der Waals surface area contributed by atoms with Gasteiger partial charge in [-0.15, -0.1) is 0 Å². The van der Waals surface area contributed by atoms with Crippen molar-refractivity contribution in [2.45, 2.75) is 51.4 Å². The smallest absolute Gasteiger partial charge is 0.162 e. The van der Waals surface area contributed by atoms with Crippen LogP contribution in [0.5, 0.6) is 0 Å². The molecule has 0 radical (unpaired) electrons. The molecule has 0 aromatic carbocycles. The third-order valence-corrected chi connectivity index (χ3v) is 3.82. The molecule has 15 heavy (non-hydrogen) atoms. The SMILES string of the molecule is O=C(/C=C(\O)C1CCCC1)C1CCCC1. The van der Waals surface area contributed by atoms with Crippen LogP contribution in [0.2, 0.25) is 0 Å². The number of hydrogen-bond acceptors (Lipinski definition) is 2. The van der Waals surface area contributed by atoms with E-state index in [4.69, 9.17) is 0 Å². The van der Waals surface area contributed by atoms with Gasteiger partial charge < -0.3 is 5.11 Å². The molecule has 2 saturated carbocycles. The van der Waals surface area contributed by atoms with Gasteiger partial charge in [-0.3, -0.25) is 4.79 Å². The lowest BCUT2D eigenvalue weighted by molar-refractivity contribution is -0.118. The van der Waals surface area contributed by atoms with Crippen LogP contribution >= 0.6 is 0 Å². The van der Waals surface area contributed by atoms with E-state index in [0.717, 1.165) is 25.7 Å². The van der Waals surface area contributed by atoms with E-state index in [-0.39, 0.29) is 17.6 Å². The zero-order valence-electron chi connectivity index (χ0n) is 9.24. The third-order valence-electron chi connectivity index (χ3n) is 3.82. The summed E-state index contributed by atoms with van der Waals surface area (Å²) in [4.78, 5) is 11.8. The van der Waals surface area contributed by atoms with Crippen LogP contribution in [-0.2, 0) is 4.79 Å². The molecular weight excluding hydrogens is 188 g/mol. The van der Waals surface area contributed by atoms with E-state index < -0.39 is 0 Å². The maximum atomic E-state index is 11.8. The molecule has 2 rings (SSSR count). The molecule has 2 fully saturated rings. The van der Waals surface area contributed by atoms with Crippen molar-refractivity contribution in [1.82, 2.24) is 0 Å². The van der Waals surface area contributed by atoms with Gasteiger partial charge in [0, 0.05) is 17.9 Å². The molecule has 2 nitrogen and oxygen atoms in total. The largest absolute Gasteiger partial charge is 0.512 e. The highest BCUT2D eigenvalue weighted by atomic mass is 16.3. The van der Waals surface area contributed by atoms with Crippen molar-refractivity contribution < 1.29 is 9.90 Å². The first-order valence-electron chi connectivity index (χ1n) is 6.22. The average molecular weight is 208 g/mol. The molecule has 84 valence electrons. The lowest BCUT2D eigenvalue weighted by Gasteiger charge is -2.09. The van der Waals surface area contributed by atoms with E-state index in [1.165, 1.54) is 31.8 Å². The molecule has 2 heteroatoms. The Morgan fingerprint density at radius 2 is 1.40 bits per heavy atom. The lowest BCUT2D eigenvalue weighted by Crippen LogP contribution is -2.10. The van der Waals surface area contributed by atoms with Gasteiger partial charge in [0.15, 0.2) is 5.78 Å². The zero-order valence-corrected chi connectivity index (χ0v) is 9.24. The van der Waals surface area contributed by atoms with Crippen LogP contribution < -0.4 is 0 Å². The summed E-state index contributed by atoms with van der Waals surface area (Å²) < 4.78 is 0. The van der Waals surface area contributed by atoms with E-state index >= 15 is 0 Å². The maximum absolute atomic E-state index is 11.8. The summed E-state index contributed by atoms with van der Waals surface area (Å²) in [6, 6.07) is 0. The lowest BCUT2D eigenvalue weighted by atomic mass is 9.98. The number of aliphatic hydroxyl groups is 1. The van der Waals surface area contributed by atoms with Crippen molar-refractivity contribution in [3.05, 3.63) is 11.8 Å². The molecule has 1 N–H and O–H groups in total. The van der Waals surface area contributed by atoms with Crippen LogP contribution in [0.15, 0.2) is 11.8 Å². The van der Waals surface area contributed by atoms with Crippen molar-refractivity contribution in [2.24, 2.45) is 11.8 Å². The number of ketones is 1. The topological polar surface area (TPSA) is 37.3 Å². The van der Waals surface area contributed by atoms with Gasteiger partial charge in [-0.2, -0.15) is 0 Å². The molecule has 0 amide bonds. The molecule has 0 spiro atoms. The molecule has 0 aromatic rings. The summed E-state index contributed by atoms with van der Waals surface area (Å²) in [5, 5.41) is 9.82. The summed E-state index contributed by atoms with van der Waals surface area (Å²) in [5.41, 5.74) is 0. The Hall–Kier alpha value is -0.790. The second-order valence-electron chi connectivity index (χ2n) is 4.93. The van der Waals surface area contributed by atoms with Crippen LogP contribution in [-0.4, -0.2) is 10.9 Å². The predicted octanol–water partition coefficient (Wildman–Crippen LogP) is 3.38. The molecule has 0 unspecified atom stereocenters. The highest BCUT2D eigenvalue weighted by Crippen LogP contribution is 2.31. The van der Waals surface area contributed by atoms with Crippen LogP contribution in [0, 0.1) is 11.8 Å². The van der Waals surface area contributed by atoms with Crippen LogP contribution in [0.3, 0.4) is 0 Å². The van der Waals surface area contributed by atoms with Crippen molar-refractivity contribution in [2.75, 3.05) is 0 Å². The number of aliphatic hydroxyl groups excluding tert-OH is 1. The maximum Gasteiger partial charge on any atom is 0.162 e. The molecule has 0 bridgehead atoms. The van der Waals surface area contributed by atoms with Crippen molar-refractivity contribution in [3.8, 4) is 0 Å². The Kier molecular flexibility index (Phi) is 3.45. The Labute approximate surface area is 91.4 Å². The molecule has 0 atom stereocenters. The molecule has 2 aliphatic rings. The van der Waals surface area contributed by atoms with Crippen molar-refractivity contribution >= 4 is 5.78 Å². The van der Waals surface area contributed by atoms with Gasteiger partial charge >= 0.3 is 0 Å². The minimum absolute atomic E-state index is 0.164. The first-order valence-corrected chi connectivity index (χ1v) is 6.22. The molecule has 0 heterocycles. The van der Waals surface area contributed by atoms with Gasteiger partial charge in [-0.05, 0) is 25.7 Å². The third kappa shape index (κ3) is 2.61. The standard InChI is InChI=1S/C13H20O2/c14-12(10-5-1-2-6-10)9-13(15)11-7-3-4-8-11/h9-11,14H,1-8H2/b12-9-. The average Bonchev–Trinajstić information content (AvgIpc) is 2.91. The van der Waals surface area contributed by atoms with Gasteiger partial charge in [-0.25, -0.2) is 0 Å². The first-order chi connectivity index (χ1) is 7.27. The zero-order chi connectivity index (χ0) is 10.7. The normalized spacial score (nSPS) is 24.9. The Morgan fingerprint density at radius 3 is 1.93 bits per heavy atom. The second-order valence-corrected chi connectivity index (χ2v) is 4.93. The quantitative estimate of drug-likeness (QED) is 0.570. The van der Waals surface area contributed by atoms with E-state index in [0.29, 0.717) is 5.76 Å². The molecule has 0 aromatic heterocycles.